The molecule has 1 saturated heterocycles. The minimum atomic E-state index is -0.410. The molecule has 0 radical (unpaired) electrons. The normalized spacial score (nSPS) is 16.6. The zero-order chi connectivity index (χ0) is 21.3. The molecule has 2 N–H and O–H groups in total. The SMILES string of the molecule is C=CC(=O)N1CCCC(N(C)c2nc(Nc3cnn(CC)c3)nc3[nH]cc(F)c23)C1. The third kappa shape index (κ3) is 3.72. The maximum Gasteiger partial charge on any atom is 0.246 e. The van der Waals surface area contributed by atoms with Gasteiger partial charge in [-0.3, -0.25) is 9.48 Å². The molecule has 9 nitrogen and oxygen atoms in total. The van der Waals surface area contributed by atoms with Gasteiger partial charge >= 0.3 is 0 Å². The van der Waals surface area contributed by atoms with E-state index in [-0.39, 0.29) is 11.9 Å². The van der Waals surface area contributed by atoms with Gasteiger partial charge in [-0.05, 0) is 25.8 Å². The second kappa shape index (κ2) is 8.13. The Morgan fingerprint density at radius 1 is 1.50 bits per heavy atom. The van der Waals surface area contributed by atoms with Crippen LogP contribution in [0.5, 0.6) is 0 Å². The first-order valence-corrected chi connectivity index (χ1v) is 9.98. The van der Waals surface area contributed by atoms with E-state index < -0.39 is 5.82 Å². The Labute approximate surface area is 173 Å². The van der Waals surface area contributed by atoms with Gasteiger partial charge in [0.05, 0.1) is 17.3 Å². The molecule has 0 aliphatic carbocycles. The third-order valence-electron chi connectivity index (χ3n) is 5.44. The Morgan fingerprint density at radius 2 is 2.33 bits per heavy atom. The fraction of sp³-hybridized carbons (Fsp3) is 0.400. The number of nitrogens with one attached hydrogen (secondary N) is 2. The van der Waals surface area contributed by atoms with Gasteiger partial charge in [-0.15, -0.1) is 0 Å². The molecule has 1 atom stereocenters. The zero-order valence-corrected chi connectivity index (χ0v) is 17.1. The Bertz CT molecular complexity index is 1070. The fourth-order valence-electron chi connectivity index (χ4n) is 3.79. The number of anilines is 3. The first kappa shape index (κ1) is 19.9. The Kier molecular flexibility index (Phi) is 5.39. The first-order valence-electron chi connectivity index (χ1n) is 9.98. The van der Waals surface area contributed by atoms with Crippen LogP contribution < -0.4 is 10.2 Å². The second-order valence-electron chi connectivity index (χ2n) is 7.34. The number of piperidine rings is 1. The predicted molar refractivity (Wildman–Crippen MR) is 113 cm³/mol. The number of fused-ring (bicyclic) bond motifs is 1. The molecule has 0 bridgehead atoms. The van der Waals surface area contributed by atoms with E-state index >= 15 is 0 Å². The van der Waals surface area contributed by atoms with E-state index in [0.717, 1.165) is 25.1 Å². The molecule has 1 amide bonds. The van der Waals surface area contributed by atoms with E-state index in [2.05, 4.69) is 31.9 Å². The molecule has 4 rings (SSSR count). The van der Waals surface area contributed by atoms with Crippen molar-refractivity contribution in [2.75, 3.05) is 30.4 Å². The first-order chi connectivity index (χ1) is 14.5. The number of halogens is 1. The van der Waals surface area contributed by atoms with Crippen LogP contribution in [0.25, 0.3) is 11.0 Å². The van der Waals surface area contributed by atoms with Crippen LogP contribution in [0, 0.1) is 5.82 Å². The van der Waals surface area contributed by atoms with Crippen LogP contribution >= 0.6 is 0 Å². The van der Waals surface area contributed by atoms with Gasteiger partial charge in [0.2, 0.25) is 11.9 Å². The van der Waals surface area contributed by atoms with Crippen molar-refractivity contribution in [3.8, 4) is 0 Å². The lowest BCUT2D eigenvalue weighted by Gasteiger charge is -2.38. The highest BCUT2D eigenvalue weighted by Crippen LogP contribution is 2.30. The van der Waals surface area contributed by atoms with Crippen LogP contribution in [-0.4, -0.2) is 61.7 Å². The van der Waals surface area contributed by atoms with Gasteiger partial charge in [0, 0.05) is 45.1 Å². The number of nitrogens with zero attached hydrogens (tertiary/aromatic N) is 6. The number of aromatic nitrogens is 5. The summed E-state index contributed by atoms with van der Waals surface area (Å²) in [5.41, 5.74) is 1.15. The van der Waals surface area contributed by atoms with Gasteiger partial charge in [0.15, 0.2) is 5.82 Å². The van der Waals surface area contributed by atoms with Gasteiger partial charge < -0.3 is 20.1 Å². The zero-order valence-electron chi connectivity index (χ0n) is 17.1. The summed E-state index contributed by atoms with van der Waals surface area (Å²) in [4.78, 5) is 27.7. The van der Waals surface area contributed by atoms with Gasteiger partial charge in [-0.1, -0.05) is 6.58 Å². The van der Waals surface area contributed by atoms with Crippen LogP contribution in [-0.2, 0) is 11.3 Å². The minimum absolute atomic E-state index is 0.00532. The smallest absolute Gasteiger partial charge is 0.246 e. The summed E-state index contributed by atoms with van der Waals surface area (Å²) in [7, 11) is 1.87. The average Bonchev–Trinajstić information content (AvgIpc) is 3.38. The number of likely N-dealkylation sites (tertiary alicyclic amines) is 1. The lowest BCUT2D eigenvalue weighted by Crippen LogP contribution is -2.48. The molecule has 0 saturated carbocycles. The Balaban J connectivity index is 1.67. The quantitative estimate of drug-likeness (QED) is 0.605. The number of rotatable bonds is 6. The highest BCUT2D eigenvalue weighted by Gasteiger charge is 2.28. The largest absolute Gasteiger partial charge is 0.354 e. The lowest BCUT2D eigenvalue weighted by molar-refractivity contribution is -0.127. The molecule has 1 aliphatic rings. The molecule has 0 aromatic carbocycles. The predicted octanol–water partition coefficient (Wildman–Crippen LogP) is 2.67. The summed E-state index contributed by atoms with van der Waals surface area (Å²) in [6.45, 7) is 7.55. The molecular formula is C20H25FN8O. The Hall–Kier alpha value is -3.43. The lowest BCUT2D eigenvalue weighted by atomic mass is 10.0. The standard InChI is InChI=1S/C20H25FN8O/c1-4-16(30)28-8-6-7-14(12-28)27(3)19-17-15(21)10-22-18(17)25-20(26-19)24-13-9-23-29(5-2)11-13/h4,9-11,14H,1,5-8,12H2,2-3H3,(H2,22,24,25,26). The highest BCUT2D eigenvalue weighted by molar-refractivity contribution is 5.90. The number of hydrogen-bond acceptors (Lipinski definition) is 6. The van der Waals surface area contributed by atoms with E-state index in [9.17, 15) is 9.18 Å². The molecule has 0 spiro atoms. The second-order valence-corrected chi connectivity index (χ2v) is 7.34. The van der Waals surface area contributed by atoms with Crippen LogP contribution in [0.4, 0.5) is 21.8 Å². The van der Waals surface area contributed by atoms with Crippen molar-refractivity contribution in [1.82, 2.24) is 29.6 Å². The summed E-state index contributed by atoms with van der Waals surface area (Å²) in [5, 5.41) is 7.71. The molecule has 158 valence electrons. The molecule has 1 aliphatic heterocycles. The van der Waals surface area contributed by atoms with Crippen molar-refractivity contribution >= 4 is 34.4 Å². The van der Waals surface area contributed by atoms with E-state index in [1.807, 2.05) is 25.1 Å². The number of likely N-dealkylation sites (N-methyl/N-ethyl adjacent to an activating group) is 1. The van der Waals surface area contributed by atoms with Gasteiger partial charge in [0.25, 0.3) is 0 Å². The summed E-state index contributed by atoms with van der Waals surface area (Å²) in [6.07, 6.45) is 7.89. The molecular weight excluding hydrogens is 387 g/mol. The number of amides is 1. The summed E-state index contributed by atoms with van der Waals surface area (Å²) < 4.78 is 16.3. The molecule has 3 aromatic rings. The van der Waals surface area contributed by atoms with Crippen molar-refractivity contribution in [3.63, 3.8) is 0 Å². The minimum Gasteiger partial charge on any atom is -0.354 e. The van der Waals surface area contributed by atoms with Gasteiger partial charge in [0.1, 0.15) is 11.5 Å². The number of hydrogen-bond donors (Lipinski definition) is 2. The average molecular weight is 412 g/mol. The van der Waals surface area contributed by atoms with Gasteiger partial charge in [-0.25, -0.2) is 4.39 Å². The van der Waals surface area contributed by atoms with Crippen molar-refractivity contribution in [2.45, 2.75) is 32.4 Å². The number of aryl methyl sites for hydroxylation is 1. The van der Waals surface area contributed by atoms with Crippen LogP contribution in [0.3, 0.4) is 0 Å². The highest BCUT2D eigenvalue weighted by atomic mass is 19.1. The topological polar surface area (TPSA) is 95.0 Å². The molecule has 4 heterocycles. The van der Waals surface area contributed by atoms with Gasteiger partial charge in [-0.2, -0.15) is 15.1 Å². The maximum absolute atomic E-state index is 14.6. The maximum atomic E-state index is 14.6. The van der Waals surface area contributed by atoms with Crippen LogP contribution in [0.15, 0.2) is 31.2 Å². The van der Waals surface area contributed by atoms with Crippen molar-refractivity contribution in [3.05, 3.63) is 37.1 Å². The summed E-state index contributed by atoms with van der Waals surface area (Å²) >= 11 is 0. The molecule has 3 aromatic heterocycles. The monoisotopic (exact) mass is 412 g/mol. The number of aromatic amines is 1. The van der Waals surface area contributed by atoms with E-state index in [4.69, 9.17) is 0 Å². The third-order valence-corrected chi connectivity index (χ3v) is 5.44. The van der Waals surface area contributed by atoms with Crippen molar-refractivity contribution in [2.24, 2.45) is 0 Å². The Morgan fingerprint density at radius 3 is 3.07 bits per heavy atom. The van der Waals surface area contributed by atoms with Crippen LogP contribution in [0.1, 0.15) is 19.8 Å². The van der Waals surface area contributed by atoms with Crippen molar-refractivity contribution in [1.29, 1.82) is 0 Å². The van der Waals surface area contributed by atoms with E-state index in [1.165, 1.54) is 12.3 Å². The van der Waals surface area contributed by atoms with Crippen LogP contribution in [0.2, 0.25) is 0 Å². The fourth-order valence-corrected chi connectivity index (χ4v) is 3.79. The van der Waals surface area contributed by atoms with E-state index in [0.29, 0.717) is 35.9 Å². The number of carbonyl (C=O) groups is 1. The summed E-state index contributed by atoms with van der Waals surface area (Å²) in [5.74, 6) is 0.315. The van der Waals surface area contributed by atoms with E-state index in [1.54, 1.807) is 15.8 Å². The number of carbonyl (C=O) groups excluding carboxylic acids is 1. The molecule has 1 fully saturated rings. The molecule has 1 unspecified atom stereocenters. The number of H-pyrrole nitrogens is 1. The molecule has 10 heteroatoms. The van der Waals surface area contributed by atoms with Crippen molar-refractivity contribution < 1.29 is 9.18 Å². The molecule has 30 heavy (non-hydrogen) atoms. The summed E-state index contributed by atoms with van der Waals surface area (Å²) in [6, 6.07) is 0.00532.